The third-order valence-corrected chi connectivity index (χ3v) is 4.02. The maximum atomic E-state index is 9.13. The molecule has 0 saturated carbocycles. The molecular formula is C20H18ClN3O. The number of benzene rings is 2. The molecule has 0 amide bonds. The Morgan fingerprint density at radius 1 is 1.20 bits per heavy atom. The van der Waals surface area contributed by atoms with Crippen LogP contribution in [0.15, 0.2) is 48.5 Å². The maximum Gasteiger partial charge on any atom is 0.142 e. The Bertz CT molecular complexity index is 947. The van der Waals surface area contributed by atoms with Crippen LogP contribution < -0.4 is 10.1 Å². The Kier molecular flexibility index (Phi) is 5.06. The van der Waals surface area contributed by atoms with Crippen molar-refractivity contribution in [3.8, 4) is 11.8 Å². The summed E-state index contributed by atoms with van der Waals surface area (Å²) in [6.07, 6.45) is 0.0411. The van der Waals surface area contributed by atoms with E-state index in [9.17, 15) is 0 Å². The Balaban J connectivity index is 1.88. The Labute approximate surface area is 152 Å². The molecule has 0 spiro atoms. The molecule has 0 atom stereocenters. The Morgan fingerprint density at radius 3 is 2.76 bits per heavy atom. The number of hydrogen-bond acceptors (Lipinski definition) is 4. The summed E-state index contributed by atoms with van der Waals surface area (Å²) in [6, 6.07) is 17.3. The summed E-state index contributed by atoms with van der Waals surface area (Å²) in [7, 11) is 0. The summed E-state index contributed by atoms with van der Waals surface area (Å²) in [5.74, 6) is 0.707. The molecule has 0 aliphatic rings. The minimum atomic E-state index is 0.0411. The van der Waals surface area contributed by atoms with Crippen LogP contribution in [0.3, 0.4) is 0 Å². The van der Waals surface area contributed by atoms with Gasteiger partial charge in [-0.05, 0) is 44.2 Å². The monoisotopic (exact) mass is 351 g/mol. The zero-order valence-electron chi connectivity index (χ0n) is 14.1. The number of para-hydroxylation sites is 1. The quantitative estimate of drug-likeness (QED) is 0.645. The van der Waals surface area contributed by atoms with E-state index in [1.807, 2.05) is 44.2 Å². The van der Waals surface area contributed by atoms with E-state index >= 15 is 0 Å². The third-order valence-electron chi connectivity index (χ3n) is 3.69. The van der Waals surface area contributed by atoms with Crippen LogP contribution in [0, 0.1) is 11.3 Å². The molecule has 5 heteroatoms. The zero-order chi connectivity index (χ0) is 17.8. The molecule has 3 rings (SSSR count). The van der Waals surface area contributed by atoms with Gasteiger partial charge in [0.15, 0.2) is 0 Å². The molecule has 0 aliphatic heterocycles. The van der Waals surface area contributed by atoms with Crippen LogP contribution in [0.1, 0.15) is 25.0 Å². The molecule has 1 aromatic heterocycles. The number of anilines is 1. The van der Waals surface area contributed by atoms with Crippen molar-refractivity contribution < 1.29 is 4.74 Å². The van der Waals surface area contributed by atoms with Gasteiger partial charge in [0.05, 0.1) is 28.9 Å². The standard InChI is InChI=1S/C20H18ClN3O/c1-13(2)25-19-8-7-14(11-22)9-18(19)23-12-16-10-15-5-3-4-6-17(15)24-20(16)21/h3-10,13,23H,12H2,1-2H3. The van der Waals surface area contributed by atoms with E-state index in [4.69, 9.17) is 21.6 Å². The van der Waals surface area contributed by atoms with Gasteiger partial charge in [0.25, 0.3) is 0 Å². The van der Waals surface area contributed by atoms with Gasteiger partial charge in [-0.3, -0.25) is 0 Å². The number of rotatable bonds is 5. The van der Waals surface area contributed by atoms with Gasteiger partial charge in [0, 0.05) is 17.5 Å². The zero-order valence-corrected chi connectivity index (χ0v) is 14.8. The largest absolute Gasteiger partial charge is 0.489 e. The van der Waals surface area contributed by atoms with Crippen LogP contribution in [-0.2, 0) is 6.54 Å². The normalized spacial score (nSPS) is 10.7. The number of hydrogen-bond donors (Lipinski definition) is 1. The van der Waals surface area contributed by atoms with Crippen molar-refractivity contribution in [1.29, 1.82) is 5.26 Å². The molecule has 0 bridgehead atoms. The first-order valence-corrected chi connectivity index (χ1v) is 8.43. The van der Waals surface area contributed by atoms with Gasteiger partial charge >= 0.3 is 0 Å². The van der Waals surface area contributed by atoms with Gasteiger partial charge in [-0.25, -0.2) is 4.98 Å². The molecule has 1 heterocycles. The lowest BCUT2D eigenvalue weighted by Gasteiger charge is -2.16. The number of nitrogens with zero attached hydrogens (tertiary/aromatic N) is 2. The summed E-state index contributed by atoms with van der Waals surface area (Å²) in [5, 5.41) is 13.9. The fourth-order valence-electron chi connectivity index (χ4n) is 2.55. The maximum absolute atomic E-state index is 9.13. The smallest absolute Gasteiger partial charge is 0.142 e. The molecule has 2 aromatic carbocycles. The number of pyridine rings is 1. The van der Waals surface area contributed by atoms with Crippen molar-refractivity contribution >= 4 is 28.2 Å². The van der Waals surface area contributed by atoms with Gasteiger partial charge in [-0.2, -0.15) is 5.26 Å². The van der Waals surface area contributed by atoms with E-state index < -0.39 is 0 Å². The van der Waals surface area contributed by atoms with Crippen LogP contribution >= 0.6 is 11.6 Å². The highest BCUT2D eigenvalue weighted by molar-refractivity contribution is 6.30. The van der Waals surface area contributed by atoms with Gasteiger partial charge in [0.1, 0.15) is 10.9 Å². The van der Waals surface area contributed by atoms with E-state index in [2.05, 4.69) is 16.4 Å². The lowest BCUT2D eigenvalue weighted by Crippen LogP contribution is -2.09. The van der Waals surface area contributed by atoms with Crippen LogP contribution in [-0.4, -0.2) is 11.1 Å². The fraction of sp³-hybridized carbons (Fsp3) is 0.200. The first-order chi connectivity index (χ1) is 12.1. The van der Waals surface area contributed by atoms with E-state index in [1.165, 1.54) is 0 Å². The number of nitriles is 1. The van der Waals surface area contributed by atoms with Crippen molar-refractivity contribution in [3.63, 3.8) is 0 Å². The molecule has 1 N–H and O–H groups in total. The number of fused-ring (bicyclic) bond motifs is 1. The predicted octanol–water partition coefficient (Wildman–Crippen LogP) is 5.16. The molecule has 0 fully saturated rings. The molecular weight excluding hydrogens is 334 g/mol. The number of nitrogens with one attached hydrogen (secondary N) is 1. The van der Waals surface area contributed by atoms with E-state index in [0.717, 1.165) is 22.2 Å². The van der Waals surface area contributed by atoms with Crippen molar-refractivity contribution in [3.05, 3.63) is 64.8 Å². The Morgan fingerprint density at radius 2 is 2.00 bits per heavy atom. The summed E-state index contributed by atoms with van der Waals surface area (Å²) in [4.78, 5) is 4.43. The van der Waals surface area contributed by atoms with E-state index in [1.54, 1.807) is 18.2 Å². The predicted molar refractivity (Wildman–Crippen MR) is 101 cm³/mol. The summed E-state index contributed by atoms with van der Waals surface area (Å²) < 4.78 is 5.81. The highest BCUT2D eigenvalue weighted by Gasteiger charge is 2.09. The van der Waals surface area contributed by atoms with Crippen LogP contribution in [0.2, 0.25) is 5.15 Å². The van der Waals surface area contributed by atoms with Gasteiger partial charge in [-0.15, -0.1) is 0 Å². The molecule has 25 heavy (non-hydrogen) atoms. The van der Waals surface area contributed by atoms with Crippen LogP contribution in [0.5, 0.6) is 5.75 Å². The molecule has 4 nitrogen and oxygen atoms in total. The average molecular weight is 352 g/mol. The molecule has 0 aliphatic carbocycles. The molecule has 0 saturated heterocycles. The topological polar surface area (TPSA) is 57.9 Å². The highest BCUT2D eigenvalue weighted by atomic mass is 35.5. The molecule has 3 aromatic rings. The first kappa shape index (κ1) is 17.1. The van der Waals surface area contributed by atoms with Gasteiger partial charge in [-0.1, -0.05) is 29.8 Å². The third kappa shape index (κ3) is 4.01. The SMILES string of the molecule is CC(C)Oc1ccc(C#N)cc1NCc1cc2ccccc2nc1Cl. The molecule has 126 valence electrons. The molecule has 0 radical (unpaired) electrons. The number of aromatic nitrogens is 1. The average Bonchev–Trinajstić information content (AvgIpc) is 2.60. The fourth-order valence-corrected chi connectivity index (χ4v) is 2.76. The Hall–Kier alpha value is -2.77. The van der Waals surface area contributed by atoms with Crippen molar-refractivity contribution in [2.45, 2.75) is 26.5 Å². The van der Waals surface area contributed by atoms with Crippen LogP contribution in [0.4, 0.5) is 5.69 Å². The summed E-state index contributed by atoms with van der Waals surface area (Å²) in [5.41, 5.74) is 3.09. The van der Waals surface area contributed by atoms with Crippen LogP contribution in [0.25, 0.3) is 10.9 Å². The van der Waals surface area contributed by atoms with Gasteiger partial charge < -0.3 is 10.1 Å². The lowest BCUT2D eigenvalue weighted by atomic mass is 10.1. The number of halogens is 1. The highest BCUT2D eigenvalue weighted by Crippen LogP contribution is 2.28. The number of ether oxygens (including phenoxy) is 1. The van der Waals surface area contributed by atoms with Crippen molar-refractivity contribution in [2.24, 2.45) is 0 Å². The first-order valence-electron chi connectivity index (χ1n) is 8.05. The van der Waals surface area contributed by atoms with Gasteiger partial charge in [0.2, 0.25) is 0 Å². The lowest BCUT2D eigenvalue weighted by molar-refractivity contribution is 0.243. The van der Waals surface area contributed by atoms with Crippen molar-refractivity contribution in [1.82, 2.24) is 4.98 Å². The second-order valence-electron chi connectivity index (χ2n) is 5.97. The minimum absolute atomic E-state index is 0.0411. The summed E-state index contributed by atoms with van der Waals surface area (Å²) >= 11 is 6.32. The second kappa shape index (κ2) is 7.42. The van der Waals surface area contributed by atoms with E-state index in [0.29, 0.717) is 23.0 Å². The molecule has 0 unspecified atom stereocenters. The van der Waals surface area contributed by atoms with Crippen molar-refractivity contribution in [2.75, 3.05) is 5.32 Å². The summed E-state index contributed by atoms with van der Waals surface area (Å²) in [6.45, 7) is 4.41. The van der Waals surface area contributed by atoms with E-state index in [-0.39, 0.29) is 6.10 Å². The minimum Gasteiger partial charge on any atom is -0.489 e. The second-order valence-corrected chi connectivity index (χ2v) is 6.33.